The lowest BCUT2D eigenvalue weighted by molar-refractivity contribution is -0.274. The fraction of sp³-hybridized carbons (Fsp3) is 0.133. The third-order valence-electron chi connectivity index (χ3n) is 2.64. The van der Waals surface area contributed by atoms with Gasteiger partial charge < -0.3 is 14.8 Å². The number of alkyl halides is 3. The fourth-order valence-electron chi connectivity index (χ4n) is 1.71. The number of rotatable bonds is 5. The second-order valence-corrected chi connectivity index (χ2v) is 4.46. The van der Waals surface area contributed by atoms with Gasteiger partial charge in [-0.2, -0.15) is 0 Å². The molecule has 24 heavy (non-hydrogen) atoms. The molecular weight excluding hydrogens is 337 g/mol. The van der Waals surface area contributed by atoms with Crippen molar-refractivity contribution in [1.29, 1.82) is 0 Å². The van der Waals surface area contributed by atoms with Gasteiger partial charge >= 0.3 is 6.36 Å². The number of para-hydroxylation sites is 2. The second-order valence-electron chi connectivity index (χ2n) is 4.46. The van der Waals surface area contributed by atoms with E-state index in [9.17, 15) is 26.7 Å². The Morgan fingerprint density at radius 2 is 1.75 bits per heavy atom. The van der Waals surface area contributed by atoms with Crippen LogP contribution in [0.2, 0.25) is 0 Å². The molecule has 128 valence electrons. The number of anilines is 1. The molecule has 2 rings (SSSR count). The minimum Gasteiger partial charge on any atom is -0.481 e. The van der Waals surface area contributed by atoms with Crippen LogP contribution in [0.1, 0.15) is 0 Å². The van der Waals surface area contributed by atoms with Gasteiger partial charge in [0.15, 0.2) is 23.9 Å². The number of carbonyl (C=O) groups is 1. The van der Waals surface area contributed by atoms with Crippen LogP contribution in [-0.2, 0) is 4.79 Å². The molecule has 0 heterocycles. The molecule has 0 aliphatic heterocycles. The van der Waals surface area contributed by atoms with Crippen LogP contribution in [0, 0.1) is 11.6 Å². The maximum atomic E-state index is 13.3. The minimum atomic E-state index is -4.92. The van der Waals surface area contributed by atoms with E-state index in [1.54, 1.807) is 0 Å². The molecule has 0 bridgehead atoms. The molecule has 2 aromatic rings. The molecule has 9 heteroatoms. The Morgan fingerprint density at radius 1 is 1.04 bits per heavy atom. The molecule has 2 aromatic carbocycles. The van der Waals surface area contributed by atoms with Crippen LogP contribution in [0.5, 0.6) is 11.5 Å². The van der Waals surface area contributed by atoms with Crippen molar-refractivity contribution < 1.29 is 36.2 Å². The first kappa shape index (κ1) is 17.5. The zero-order chi connectivity index (χ0) is 17.7. The SMILES string of the molecule is O=C(COc1ccc(F)cc1F)Nc1ccccc1OC(F)(F)F. The third-order valence-corrected chi connectivity index (χ3v) is 2.64. The highest BCUT2D eigenvalue weighted by Crippen LogP contribution is 2.29. The molecule has 0 unspecified atom stereocenters. The molecule has 0 radical (unpaired) electrons. The number of nitrogens with one attached hydrogen (secondary N) is 1. The molecule has 0 aliphatic rings. The quantitative estimate of drug-likeness (QED) is 0.835. The summed E-state index contributed by atoms with van der Waals surface area (Å²) in [5.41, 5.74) is -0.233. The lowest BCUT2D eigenvalue weighted by Gasteiger charge is -2.14. The summed E-state index contributed by atoms with van der Waals surface area (Å²) < 4.78 is 71.5. The highest BCUT2D eigenvalue weighted by Gasteiger charge is 2.32. The number of hydrogen-bond acceptors (Lipinski definition) is 3. The predicted octanol–water partition coefficient (Wildman–Crippen LogP) is 3.88. The van der Waals surface area contributed by atoms with E-state index in [0.717, 1.165) is 18.2 Å². The molecule has 1 amide bonds. The van der Waals surface area contributed by atoms with E-state index in [4.69, 9.17) is 4.74 Å². The van der Waals surface area contributed by atoms with E-state index in [1.807, 2.05) is 0 Å². The van der Waals surface area contributed by atoms with E-state index in [2.05, 4.69) is 10.1 Å². The highest BCUT2D eigenvalue weighted by molar-refractivity contribution is 5.93. The Kier molecular flexibility index (Phi) is 5.22. The lowest BCUT2D eigenvalue weighted by Crippen LogP contribution is -2.22. The van der Waals surface area contributed by atoms with Gasteiger partial charge in [0.1, 0.15) is 5.82 Å². The van der Waals surface area contributed by atoms with Crippen molar-refractivity contribution in [3.63, 3.8) is 0 Å². The van der Waals surface area contributed by atoms with E-state index in [-0.39, 0.29) is 11.4 Å². The first-order valence-electron chi connectivity index (χ1n) is 6.47. The van der Waals surface area contributed by atoms with Crippen molar-refractivity contribution in [3.05, 3.63) is 54.1 Å². The first-order chi connectivity index (χ1) is 11.2. The summed E-state index contributed by atoms with van der Waals surface area (Å²) in [6.07, 6.45) is -4.92. The van der Waals surface area contributed by atoms with Crippen molar-refractivity contribution in [2.75, 3.05) is 11.9 Å². The fourth-order valence-corrected chi connectivity index (χ4v) is 1.71. The number of carbonyl (C=O) groups excluding carboxylic acids is 1. The Morgan fingerprint density at radius 3 is 2.42 bits per heavy atom. The summed E-state index contributed by atoms with van der Waals surface area (Å²) in [7, 11) is 0. The molecule has 0 saturated carbocycles. The minimum absolute atomic E-state index is 0.233. The maximum absolute atomic E-state index is 13.3. The van der Waals surface area contributed by atoms with Gasteiger partial charge in [0, 0.05) is 6.07 Å². The van der Waals surface area contributed by atoms with Gasteiger partial charge in [-0.25, -0.2) is 8.78 Å². The number of amides is 1. The summed E-state index contributed by atoms with van der Waals surface area (Å²) in [4.78, 5) is 11.7. The van der Waals surface area contributed by atoms with Crippen LogP contribution in [0.3, 0.4) is 0 Å². The summed E-state index contributed by atoms with van der Waals surface area (Å²) in [6.45, 7) is -0.692. The molecular formula is C15H10F5NO3. The molecule has 1 N–H and O–H groups in total. The zero-order valence-electron chi connectivity index (χ0n) is 11.9. The van der Waals surface area contributed by atoms with Gasteiger partial charge in [0.05, 0.1) is 5.69 Å². The van der Waals surface area contributed by atoms with E-state index in [0.29, 0.717) is 6.07 Å². The maximum Gasteiger partial charge on any atom is 0.573 e. The van der Waals surface area contributed by atoms with Gasteiger partial charge in [-0.1, -0.05) is 12.1 Å². The summed E-state index contributed by atoms with van der Waals surface area (Å²) in [6, 6.07) is 7.38. The first-order valence-corrected chi connectivity index (χ1v) is 6.47. The monoisotopic (exact) mass is 347 g/mol. The Balaban J connectivity index is 2.00. The van der Waals surface area contributed by atoms with Gasteiger partial charge in [0.25, 0.3) is 5.91 Å². The number of benzene rings is 2. The summed E-state index contributed by atoms with van der Waals surface area (Å²) in [5.74, 6) is -3.65. The van der Waals surface area contributed by atoms with Crippen LogP contribution in [0.4, 0.5) is 27.6 Å². The van der Waals surface area contributed by atoms with Crippen molar-refractivity contribution in [2.24, 2.45) is 0 Å². The largest absolute Gasteiger partial charge is 0.573 e. The van der Waals surface area contributed by atoms with Gasteiger partial charge in [0.2, 0.25) is 0 Å². The molecule has 0 spiro atoms. The van der Waals surface area contributed by atoms with Crippen molar-refractivity contribution in [1.82, 2.24) is 0 Å². The average molecular weight is 347 g/mol. The molecule has 0 saturated heterocycles. The Labute approximate surface area is 132 Å². The average Bonchev–Trinajstić information content (AvgIpc) is 2.47. The molecule has 0 atom stereocenters. The van der Waals surface area contributed by atoms with E-state index in [1.165, 1.54) is 18.2 Å². The topological polar surface area (TPSA) is 47.6 Å². The highest BCUT2D eigenvalue weighted by atomic mass is 19.4. The molecule has 4 nitrogen and oxygen atoms in total. The van der Waals surface area contributed by atoms with Crippen LogP contribution in [0.15, 0.2) is 42.5 Å². The van der Waals surface area contributed by atoms with Gasteiger partial charge in [-0.15, -0.1) is 13.2 Å². The van der Waals surface area contributed by atoms with E-state index >= 15 is 0 Å². The molecule has 0 aliphatic carbocycles. The number of halogens is 5. The zero-order valence-corrected chi connectivity index (χ0v) is 11.9. The number of hydrogen-bond donors (Lipinski definition) is 1. The van der Waals surface area contributed by atoms with Crippen LogP contribution in [0.25, 0.3) is 0 Å². The molecule has 0 aromatic heterocycles. The predicted molar refractivity (Wildman–Crippen MR) is 73.6 cm³/mol. The molecule has 0 fully saturated rings. The third kappa shape index (κ3) is 5.11. The smallest absolute Gasteiger partial charge is 0.481 e. The van der Waals surface area contributed by atoms with Gasteiger partial charge in [-0.05, 0) is 24.3 Å². The van der Waals surface area contributed by atoms with Crippen molar-refractivity contribution >= 4 is 11.6 Å². The number of ether oxygens (including phenoxy) is 2. The van der Waals surface area contributed by atoms with E-state index < -0.39 is 36.3 Å². The Hall–Kier alpha value is -2.84. The second kappa shape index (κ2) is 7.16. The Bertz CT molecular complexity index is 733. The lowest BCUT2D eigenvalue weighted by atomic mass is 10.3. The van der Waals surface area contributed by atoms with Crippen LogP contribution >= 0.6 is 0 Å². The van der Waals surface area contributed by atoms with Crippen molar-refractivity contribution in [2.45, 2.75) is 6.36 Å². The van der Waals surface area contributed by atoms with Crippen molar-refractivity contribution in [3.8, 4) is 11.5 Å². The summed E-state index contributed by atoms with van der Waals surface area (Å²) >= 11 is 0. The summed E-state index contributed by atoms with van der Waals surface area (Å²) in [5, 5.41) is 2.15. The standard InChI is InChI=1S/C15H10F5NO3/c16-9-5-6-12(10(17)7-9)23-8-14(22)21-11-3-1-2-4-13(11)24-15(18,19)20/h1-7H,8H2,(H,21,22). The van der Waals surface area contributed by atoms with Crippen LogP contribution in [-0.4, -0.2) is 18.9 Å². The van der Waals surface area contributed by atoms with Crippen LogP contribution < -0.4 is 14.8 Å². The normalized spacial score (nSPS) is 11.0. The van der Waals surface area contributed by atoms with Gasteiger partial charge in [-0.3, -0.25) is 4.79 Å².